The lowest BCUT2D eigenvalue weighted by molar-refractivity contribution is 0.0149. The number of nitrogens with one attached hydrogen (secondary N) is 2. The zero-order valence-corrected chi connectivity index (χ0v) is 13.7. The first-order valence-corrected chi connectivity index (χ1v) is 7.93. The van der Waals surface area contributed by atoms with Gasteiger partial charge in [0.15, 0.2) is 0 Å². The Morgan fingerprint density at radius 3 is 2.61 bits per heavy atom. The Labute approximate surface area is 136 Å². The number of piperazine rings is 3. The minimum absolute atomic E-state index is 0.217. The monoisotopic (exact) mass is 320 g/mol. The van der Waals surface area contributed by atoms with Gasteiger partial charge in [-0.3, -0.25) is 9.80 Å². The summed E-state index contributed by atoms with van der Waals surface area (Å²) in [5.74, 6) is 1.26. The van der Waals surface area contributed by atoms with Crippen molar-refractivity contribution in [2.75, 3.05) is 58.8 Å². The molecule has 0 saturated carbocycles. The Morgan fingerprint density at radius 2 is 2.00 bits per heavy atom. The van der Waals surface area contributed by atoms with Crippen molar-refractivity contribution in [3.05, 3.63) is 18.2 Å². The van der Waals surface area contributed by atoms with Gasteiger partial charge >= 0.3 is 6.03 Å². The largest absolute Gasteiger partial charge is 0.497 e. The van der Waals surface area contributed by atoms with Gasteiger partial charge in [-0.25, -0.2) is 4.79 Å². The predicted octanol–water partition coefficient (Wildman–Crippen LogP) is 0.825. The van der Waals surface area contributed by atoms with E-state index >= 15 is 0 Å². The fourth-order valence-electron chi connectivity index (χ4n) is 3.20. The summed E-state index contributed by atoms with van der Waals surface area (Å²) in [5, 5.41) is 5.79. The molecule has 2 amide bonds. The fraction of sp³-hybridized carbons (Fsp3) is 0.562. The van der Waals surface area contributed by atoms with Gasteiger partial charge in [0.05, 0.1) is 19.9 Å². The van der Waals surface area contributed by atoms with Gasteiger partial charge in [-0.1, -0.05) is 0 Å². The summed E-state index contributed by atoms with van der Waals surface area (Å²) in [4.78, 5) is 17.1. The van der Waals surface area contributed by atoms with Crippen molar-refractivity contribution in [3.8, 4) is 11.5 Å². The molecule has 7 heteroatoms. The zero-order valence-electron chi connectivity index (χ0n) is 13.7. The van der Waals surface area contributed by atoms with Crippen LogP contribution in [0.25, 0.3) is 0 Å². The molecule has 2 N–H and O–H groups in total. The lowest BCUT2D eigenvalue weighted by atomic mass is 10.1. The Kier molecular flexibility index (Phi) is 4.88. The maximum atomic E-state index is 12.1. The number of benzene rings is 1. The van der Waals surface area contributed by atoms with Crippen LogP contribution in [0.1, 0.15) is 0 Å². The SMILES string of the molecule is COc1ccc(NC(=O)NCC2CN3CCN2CC3)c(OC)c1. The van der Waals surface area contributed by atoms with Crippen molar-refractivity contribution in [2.45, 2.75) is 6.04 Å². The number of nitrogens with zero attached hydrogens (tertiary/aromatic N) is 2. The quantitative estimate of drug-likeness (QED) is 0.841. The molecular formula is C16H24N4O3. The number of rotatable bonds is 5. The van der Waals surface area contributed by atoms with Crippen molar-refractivity contribution in [2.24, 2.45) is 0 Å². The topological polar surface area (TPSA) is 66.1 Å². The molecule has 126 valence electrons. The molecule has 3 aliphatic heterocycles. The maximum absolute atomic E-state index is 12.1. The second kappa shape index (κ2) is 7.06. The van der Waals surface area contributed by atoms with Crippen LogP contribution in [0.2, 0.25) is 0 Å². The number of fused-ring (bicyclic) bond motifs is 3. The number of ether oxygens (including phenoxy) is 2. The van der Waals surface area contributed by atoms with Gasteiger partial charge < -0.3 is 20.1 Å². The average molecular weight is 320 g/mol. The normalized spacial score (nSPS) is 25.7. The zero-order chi connectivity index (χ0) is 16.2. The highest BCUT2D eigenvalue weighted by Crippen LogP contribution is 2.28. The minimum atomic E-state index is -0.217. The minimum Gasteiger partial charge on any atom is -0.497 e. The standard InChI is InChI=1S/C16H24N4O3/c1-22-13-3-4-14(15(9-13)23-2)18-16(21)17-10-12-11-19-5-7-20(12)8-6-19/h3-4,9,12H,5-8,10-11H2,1-2H3,(H2,17,18,21). The molecule has 1 atom stereocenters. The highest BCUT2D eigenvalue weighted by Gasteiger charge is 2.31. The lowest BCUT2D eigenvalue weighted by Gasteiger charge is -2.47. The third-order valence-electron chi connectivity index (χ3n) is 4.55. The van der Waals surface area contributed by atoms with Gasteiger partial charge in [0.1, 0.15) is 11.5 Å². The number of amides is 2. The van der Waals surface area contributed by atoms with E-state index in [1.807, 2.05) is 0 Å². The summed E-state index contributed by atoms with van der Waals surface area (Å²) in [7, 11) is 3.16. The van der Waals surface area contributed by atoms with E-state index in [1.54, 1.807) is 32.4 Å². The first kappa shape index (κ1) is 15.9. The molecule has 1 unspecified atom stereocenters. The molecule has 7 nitrogen and oxygen atoms in total. The number of carbonyl (C=O) groups is 1. The van der Waals surface area contributed by atoms with E-state index in [9.17, 15) is 4.79 Å². The Balaban J connectivity index is 1.53. The molecule has 1 aromatic carbocycles. The van der Waals surface area contributed by atoms with Gasteiger partial charge in [-0.15, -0.1) is 0 Å². The van der Waals surface area contributed by atoms with E-state index in [0.29, 0.717) is 29.8 Å². The maximum Gasteiger partial charge on any atom is 0.319 e. The van der Waals surface area contributed by atoms with E-state index in [0.717, 1.165) is 32.7 Å². The number of urea groups is 1. The van der Waals surface area contributed by atoms with Gasteiger partial charge in [0, 0.05) is 51.4 Å². The van der Waals surface area contributed by atoms with Gasteiger partial charge in [0.25, 0.3) is 0 Å². The molecule has 3 saturated heterocycles. The van der Waals surface area contributed by atoms with E-state index in [4.69, 9.17) is 9.47 Å². The fourth-order valence-corrected chi connectivity index (χ4v) is 3.20. The summed E-state index contributed by atoms with van der Waals surface area (Å²) in [5.41, 5.74) is 0.625. The number of carbonyl (C=O) groups excluding carboxylic acids is 1. The highest BCUT2D eigenvalue weighted by molar-refractivity contribution is 5.91. The molecular weight excluding hydrogens is 296 g/mol. The van der Waals surface area contributed by atoms with Crippen LogP contribution in [0.4, 0.5) is 10.5 Å². The summed E-state index contributed by atoms with van der Waals surface area (Å²) in [6, 6.07) is 5.49. The van der Waals surface area contributed by atoms with E-state index in [-0.39, 0.29) is 6.03 Å². The van der Waals surface area contributed by atoms with Crippen molar-refractivity contribution >= 4 is 11.7 Å². The summed E-state index contributed by atoms with van der Waals surface area (Å²) < 4.78 is 10.4. The van der Waals surface area contributed by atoms with Crippen LogP contribution in [-0.2, 0) is 0 Å². The molecule has 0 spiro atoms. The predicted molar refractivity (Wildman–Crippen MR) is 88.4 cm³/mol. The molecule has 4 rings (SSSR count). The number of anilines is 1. The smallest absolute Gasteiger partial charge is 0.319 e. The number of hydrogen-bond donors (Lipinski definition) is 2. The lowest BCUT2D eigenvalue weighted by Crippen LogP contribution is -2.63. The molecule has 0 aliphatic carbocycles. The molecule has 0 radical (unpaired) electrons. The van der Waals surface area contributed by atoms with Gasteiger partial charge in [-0.05, 0) is 12.1 Å². The second-order valence-electron chi connectivity index (χ2n) is 5.89. The van der Waals surface area contributed by atoms with Crippen LogP contribution in [-0.4, -0.2) is 75.4 Å². The van der Waals surface area contributed by atoms with E-state index < -0.39 is 0 Å². The van der Waals surface area contributed by atoms with E-state index in [1.165, 1.54) is 0 Å². The average Bonchev–Trinajstić information content (AvgIpc) is 2.61. The van der Waals surface area contributed by atoms with Crippen LogP contribution in [0, 0.1) is 0 Å². The first-order valence-electron chi connectivity index (χ1n) is 7.93. The number of hydrogen-bond acceptors (Lipinski definition) is 5. The Bertz CT molecular complexity index is 558. The third-order valence-corrected chi connectivity index (χ3v) is 4.55. The Morgan fingerprint density at radius 1 is 1.22 bits per heavy atom. The van der Waals surface area contributed by atoms with Crippen LogP contribution in [0.15, 0.2) is 18.2 Å². The van der Waals surface area contributed by atoms with Crippen LogP contribution < -0.4 is 20.1 Å². The van der Waals surface area contributed by atoms with Crippen LogP contribution in [0.3, 0.4) is 0 Å². The molecule has 3 aliphatic rings. The molecule has 3 fully saturated rings. The highest BCUT2D eigenvalue weighted by atomic mass is 16.5. The summed E-state index contributed by atoms with van der Waals surface area (Å²) in [6.45, 7) is 6.17. The third kappa shape index (κ3) is 3.68. The molecule has 0 aromatic heterocycles. The number of methoxy groups -OCH3 is 2. The van der Waals surface area contributed by atoms with Crippen LogP contribution in [0.5, 0.6) is 11.5 Å². The van der Waals surface area contributed by atoms with Gasteiger partial charge in [0.2, 0.25) is 0 Å². The van der Waals surface area contributed by atoms with Crippen molar-refractivity contribution < 1.29 is 14.3 Å². The second-order valence-corrected chi connectivity index (χ2v) is 5.89. The van der Waals surface area contributed by atoms with Crippen LogP contribution >= 0.6 is 0 Å². The first-order chi connectivity index (χ1) is 11.2. The molecule has 2 bridgehead atoms. The van der Waals surface area contributed by atoms with E-state index in [2.05, 4.69) is 20.4 Å². The van der Waals surface area contributed by atoms with Gasteiger partial charge in [-0.2, -0.15) is 0 Å². The molecule has 23 heavy (non-hydrogen) atoms. The van der Waals surface area contributed by atoms with Crippen molar-refractivity contribution in [1.29, 1.82) is 0 Å². The van der Waals surface area contributed by atoms with Crippen molar-refractivity contribution in [3.63, 3.8) is 0 Å². The summed E-state index contributed by atoms with van der Waals surface area (Å²) >= 11 is 0. The van der Waals surface area contributed by atoms with Crippen molar-refractivity contribution in [1.82, 2.24) is 15.1 Å². The Hall–Kier alpha value is -1.99. The molecule has 3 heterocycles. The summed E-state index contributed by atoms with van der Waals surface area (Å²) in [6.07, 6.45) is 0. The molecule has 1 aromatic rings.